The van der Waals surface area contributed by atoms with Gasteiger partial charge in [-0.05, 0) is 13.0 Å². The van der Waals surface area contributed by atoms with Crippen molar-refractivity contribution >= 4 is 5.97 Å². The zero-order chi connectivity index (χ0) is 9.40. The number of terminal acetylenes is 1. The summed E-state index contributed by atoms with van der Waals surface area (Å²) >= 11 is 0. The van der Waals surface area contributed by atoms with Gasteiger partial charge in [-0.1, -0.05) is 0 Å². The van der Waals surface area contributed by atoms with Gasteiger partial charge in [-0.2, -0.15) is 0 Å². The summed E-state index contributed by atoms with van der Waals surface area (Å²) in [5.41, 5.74) is 5.25. The van der Waals surface area contributed by atoms with Crippen LogP contribution in [0.2, 0.25) is 0 Å². The highest BCUT2D eigenvalue weighted by Crippen LogP contribution is 1.85. The fourth-order valence-electron chi connectivity index (χ4n) is 0.667. The molecule has 0 heterocycles. The molecular formula is C8H14N2O2. The first-order valence-electron chi connectivity index (χ1n) is 3.81. The Morgan fingerprint density at radius 1 is 1.67 bits per heavy atom. The van der Waals surface area contributed by atoms with Crippen LogP contribution in [0, 0.1) is 12.3 Å². The molecular weight excluding hydrogens is 156 g/mol. The van der Waals surface area contributed by atoms with Crippen molar-refractivity contribution in [2.24, 2.45) is 5.73 Å². The minimum absolute atomic E-state index is 0.430. The van der Waals surface area contributed by atoms with Crippen LogP contribution in [0.3, 0.4) is 0 Å². The largest absolute Gasteiger partial charge is 0.480 e. The lowest BCUT2D eigenvalue weighted by Crippen LogP contribution is -2.33. The Labute approximate surface area is 72.1 Å². The van der Waals surface area contributed by atoms with Crippen LogP contribution in [-0.4, -0.2) is 30.2 Å². The van der Waals surface area contributed by atoms with E-state index in [0.717, 1.165) is 0 Å². The van der Waals surface area contributed by atoms with Gasteiger partial charge < -0.3 is 16.2 Å². The predicted molar refractivity (Wildman–Crippen MR) is 46.5 cm³/mol. The second-order valence-electron chi connectivity index (χ2n) is 2.44. The van der Waals surface area contributed by atoms with Crippen LogP contribution in [0.1, 0.15) is 12.8 Å². The van der Waals surface area contributed by atoms with Gasteiger partial charge >= 0.3 is 5.97 Å². The second-order valence-corrected chi connectivity index (χ2v) is 2.44. The van der Waals surface area contributed by atoms with Crippen LogP contribution in [0.5, 0.6) is 0 Å². The number of carboxylic acids is 1. The normalized spacial score (nSPS) is 12.0. The van der Waals surface area contributed by atoms with Crippen LogP contribution in [0.4, 0.5) is 0 Å². The maximum absolute atomic E-state index is 10.2. The summed E-state index contributed by atoms with van der Waals surface area (Å²) in [6, 6.07) is -0.775. The molecule has 0 amide bonds. The molecule has 12 heavy (non-hydrogen) atoms. The van der Waals surface area contributed by atoms with Gasteiger partial charge in [0.1, 0.15) is 6.04 Å². The van der Waals surface area contributed by atoms with Crippen LogP contribution in [-0.2, 0) is 4.79 Å². The monoisotopic (exact) mass is 170 g/mol. The summed E-state index contributed by atoms with van der Waals surface area (Å²) in [6.45, 7) is 1.30. The summed E-state index contributed by atoms with van der Waals surface area (Å²) < 4.78 is 0. The highest BCUT2D eigenvalue weighted by Gasteiger charge is 2.09. The SMILES string of the molecule is C#CCCNCCC(N)C(=O)O. The van der Waals surface area contributed by atoms with Gasteiger partial charge in [-0.15, -0.1) is 12.3 Å². The molecule has 0 aliphatic carbocycles. The topological polar surface area (TPSA) is 75.3 Å². The van der Waals surface area contributed by atoms with E-state index in [2.05, 4.69) is 11.2 Å². The van der Waals surface area contributed by atoms with Crippen molar-refractivity contribution < 1.29 is 9.90 Å². The van der Waals surface area contributed by atoms with Gasteiger partial charge in [0.15, 0.2) is 0 Å². The molecule has 0 rings (SSSR count). The molecule has 0 aromatic rings. The van der Waals surface area contributed by atoms with Crippen LogP contribution >= 0.6 is 0 Å². The Morgan fingerprint density at radius 3 is 2.83 bits per heavy atom. The molecule has 0 aromatic heterocycles. The van der Waals surface area contributed by atoms with Crippen molar-refractivity contribution in [1.29, 1.82) is 0 Å². The first-order valence-corrected chi connectivity index (χ1v) is 3.81. The molecule has 0 aliphatic rings. The second kappa shape index (κ2) is 6.65. The molecule has 1 atom stereocenters. The predicted octanol–water partition coefficient (Wildman–Crippen LogP) is -0.599. The van der Waals surface area contributed by atoms with E-state index in [1.165, 1.54) is 0 Å². The lowest BCUT2D eigenvalue weighted by atomic mass is 10.2. The zero-order valence-corrected chi connectivity index (χ0v) is 6.92. The van der Waals surface area contributed by atoms with E-state index >= 15 is 0 Å². The summed E-state index contributed by atoms with van der Waals surface area (Å²) in [7, 11) is 0. The first kappa shape index (κ1) is 11.0. The Hall–Kier alpha value is -1.05. The summed E-state index contributed by atoms with van der Waals surface area (Å²) in [5, 5.41) is 11.4. The van der Waals surface area contributed by atoms with E-state index in [1.54, 1.807) is 0 Å². The first-order chi connectivity index (χ1) is 5.68. The zero-order valence-electron chi connectivity index (χ0n) is 6.92. The molecule has 4 heteroatoms. The molecule has 0 aromatic carbocycles. The van der Waals surface area contributed by atoms with Crippen molar-refractivity contribution in [1.82, 2.24) is 5.32 Å². The number of nitrogens with two attached hydrogens (primary N) is 1. The number of rotatable bonds is 6. The van der Waals surface area contributed by atoms with Crippen LogP contribution < -0.4 is 11.1 Å². The molecule has 0 spiro atoms. The fourth-order valence-corrected chi connectivity index (χ4v) is 0.667. The van der Waals surface area contributed by atoms with Gasteiger partial charge in [0.2, 0.25) is 0 Å². The average molecular weight is 170 g/mol. The van der Waals surface area contributed by atoms with E-state index in [4.69, 9.17) is 17.3 Å². The number of aliphatic carboxylic acids is 1. The van der Waals surface area contributed by atoms with E-state index in [9.17, 15) is 4.79 Å². The Balaban J connectivity index is 3.21. The van der Waals surface area contributed by atoms with Crippen LogP contribution in [0.15, 0.2) is 0 Å². The maximum Gasteiger partial charge on any atom is 0.320 e. The maximum atomic E-state index is 10.2. The molecule has 0 aliphatic heterocycles. The lowest BCUT2D eigenvalue weighted by molar-refractivity contribution is -0.138. The minimum Gasteiger partial charge on any atom is -0.480 e. The summed E-state index contributed by atoms with van der Waals surface area (Å²) in [4.78, 5) is 10.2. The Morgan fingerprint density at radius 2 is 2.33 bits per heavy atom. The third-order valence-electron chi connectivity index (χ3n) is 1.40. The number of hydrogen-bond acceptors (Lipinski definition) is 3. The molecule has 0 fully saturated rings. The quantitative estimate of drug-likeness (QED) is 0.367. The Bertz CT molecular complexity index is 174. The van der Waals surface area contributed by atoms with Crippen molar-refractivity contribution in [3.8, 4) is 12.3 Å². The highest BCUT2D eigenvalue weighted by atomic mass is 16.4. The van der Waals surface area contributed by atoms with E-state index in [0.29, 0.717) is 25.9 Å². The van der Waals surface area contributed by atoms with Crippen molar-refractivity contribution in [3.05, 3.63) is 0 Å². The van der Waals surface area contributed by atoms with Gasteiger partial charge in [0.05, 0.1) is 0 Å². The van der Waals surface area contributed by atoms with E-state index in [-0.39, 0.29) is 0 Å². The lowest BCUT2D eigenvalue weighted by Gasteiger charge is -2.05. The molecule has 4 N–H and O–H groups in total. The summed E-state index contributed by atoms with van der Waals surface area (Å²) in [6.07, 6.45) is 6.10. The standard InChI is InChI=1S/C8H14N2O2/c1-2-3-5-10-6-4-7(9)8(11)12/h1,7,10H,3-6,9H2,(H,11,12). The van der Waals surface area contributed by atoms with Gasteiger partial charge in [-0.3, -0.25) is 4.79 Å². The van der Waals surface area contributed by atoms with E-state index in [1.807, 2.05) is 0 Å². The molecule has 68 valence electrons. The number of carboxylic acid groups (broad SMARTS) is 1. The van der Waals surface area contributed by atoms with Gasteiger partial charge in [0.25, 0.3) is 0 Å². The highest BCUT2D eigenvalue weighted by molar-refractivity contribution is 5.72. The molecule has 0 radical (unpaired) electrons. The number of carbonyl (C=O) groups is 1. The van der Waals surface area contributed by atoms with Crippen molar-refractivity contribution in [2.45, 2.75) is 18.9 Å². The third kappa shape index (κ3) is 5.71. The number of hydrogen-bond donors (Lipinski definition) is 3. The van der Waals surface area contributed by atoms with Crippen molar-refractivity contribution in [3.63, 3.8) is 0 Å². The smallest absolute Gasteiger partial charge is 0.320 e. The van der Waals surface area contributed by atoms with Gasteiger partial charge in [-0.25, -0.2) is 0 Å². The molecule has 0 bridgehead atoms. The third-order valence-corrected chi connectivity index (χ3v) is 1.40. The molecule has 0 saturated heterocycles. The Kier molecular flexibility index (Phi) is 6.07. The van der Waals surface area contributed by atoms with E-state index < -0.39 is 12.0 Å². The van der Waals surface area contributed by atoms with Crippen molar-refractivity contribution in [2.75, 3.05) is 13.1 Å². The minimum atomic E-state index is -0.964. The average Bonchev–Trinajstić information content (AvgIpc) is 2.03. The number of nitrogens with one attached hydrogen (secondary N) is 1. The molecule has 0 saturated carbocycles. The fraction of sp³-hybridized carbons (Fsp3) is 0.625. The molecule has 4 nitrogen and oxygen atoms in total. The summed E-state index contributed by atoms with van der Waals surface area (Å²) in [5.74, 6) is 1.50. The molecule has 1 unspecified atom stereocenters. The van der Waals surface area contributed by atoms with Gasteiger partial charge in [0, 0.05) is 13.0 Å². The van der Waals surface area contributed by atoms with Crippen LogP contribution in [0.25, 0.3) is 0 Å².